The summed E-state index contributed by atoms with van der Waals surface area (Å²) in [6.45, 7) is 0. The Kier molecular flexibility index (Phi) is 3.57. The fraction of sp³-hybridized carbons (Fsp3) is 0.143. The molecule has 0 radical (unpaired) electrons. The predicted octanol–water partition coefficient (Wildman–Crippen LogP) is 2.22. The molecule has 0 aliphatic carbocycles. The minimum Gasteiger partial charge on any atom is -0.334 e. The lowest BCUT2D eigenvalue weighted by Crippen LogP contribution is -2.14. The first-order valence-corrected chi connectivity index (χ1v) is 7.41. The Morgan fingerprint density at radius 2 is 2.14 bits per heavy atom. The lowest BCUT2D eigenvalue weighted by molar-refractivity contribution is 0.431. The highest BCUT2D eigenvalue weighted by atomic mass is 32.2. The molecule has 0 aromatic carbocycles. The first-order chi connectivity index (χ1) is 10.2. The summed E-state index contributed by atoms with van der Waals surface area (Å²) in [5, 5.41) is 4.80. The number of hydrogen-bond donors (Lipinski definition) is 0. The summed E-state index contributed by atoms with van der Waals surface area (Å²) in [5.74, 6) is 0.854. The van der Waals surface area contributed by atoms with Crippen LogP contribution in [0.15, 0.2) is 51.0 Å². The van der Waals surface area contributed by atoms with Crippen molar-refractivity contribution in [1.29, 1.82) is 0 Å². The van der Waals surface area contributed by atoms with E-state index in [0.717, 1.165) is 16.2 Å². The van der Waals surface area contributed by atoms with Gasteiger partial charge >= 0.3 is 0 Å². The highest BCUT2D eigenvalue weighted by Crippen LogP contribution is 2.28. The van der Waals surface area contributed by atoms with Gasteiger partial charge in [0.25, 0.3) is 5.89 Å². The van der Waals surface area contributed by atoms with E-state index >= 15 is 0 Å². The fourth-order valence-electron chi connectivity index (χ4n) is 1.89. The van der Waals surface area contributed by atoms with Gasteiger partial charge in [-0.1, -0.05) is 5.16 Å². The Hall–Kier alpha value is -2.41. The van der Waals surface area contributed by atoms with E-state index in [-0.39, 0.29) is 5.56 Å². The van der Waals surface area contributed by atoms with Gasteiger partial charge in [0, 0.05) is 31.1 Å². The third-order valence-corrected chi connectivity index (χ3v) is 3.68. The number of pyridine rings is 2. The van der Waals surface area contributed by atoms with Crippen LogP contribution in [0.1, 0.15) is 0 Å². The molecule has 0 N–H and O–H groups in total. The molecule has 0 saturated heterocycles. The summed E-state index contributed by atoms with van der Waals surface area (Å²) >= 11 is 1.52. The summed E-state index contributed by atoms with van der Waals surface area (Å²) in [7, 11) is 1.68. The zero-order valence-electron chi connectivity index (χ0n) is 11.5. The molecule has 0 bridgehead atoms. The van der Waals surface area contributed by atoms with Gasteiger partial charge < -0.3 is 9.09 Å². The van der Waals surface area contributed by atoms with Gasteiger partial charge in [-0.15, -0.1) is 11.8 Å². The Bertz CT molecular complexity index is 841. The van der Waals surface area contributed by atoms with Crippen LogP contribution in [0.25, 0.3) is 22.8 Å². The normalized spacial score (nSPS) is 10.8. The van der Waals surface area contributed by atoms with Crippen LogP contribution in [0.2, 0.25) is 0 Å². The molecule has 0 aliphatic heterocycles. The molecule has 3 heterocycles. The second-order valence-corrected chi connectivity index (χ2v) is 5.15. The molecular weight excluding hydrogens is 288 g/mol. The molecule has 3 aromatic rings. The van der Waals surface area contributed by atoms with Crippen LogP contribution in [0.4, 0.5) is 0 Å². The van der Waals surface area contributed by atoms with Crippen LogP contribution in [0.5, 0.6) is 0 Å². The average Bonchev–Trinajstić information content (AvgIpc) is 2.99. The van der Waals surface area contributed by atoms with Gasteiger partial charge in [0.05, 0.1) is 5.56 Å². The number of aromatic nitrogens is 4. The molecule has 106 valence electrons. The zero-order valence-corrected chi connectivity index (χ0v) is 12.3. The SMILES string of the molecule is CSc1ncccc1-c1nc(-c2ccc(=O)n(C)c2)no1. The molecule has 0 fully saturated rings. The van der Waals surface area contributed by atoms with Crippen LogP contribution in [0, 0.1) is 0 Å². The van der Waals surface area contributed by atoms with Crippen molar-refractivity contribution in [2.75, 3.05) is 6.26 Å². The van der Waals surface area contributed by atoms with Crippen LogP contribution >= 0.6 is 11.8 Å². The minimum atomic E-state index is -0.0839. The smallest absolute Gasteiger partial charge is 0.260 e. The van der Waals surface area contributed by atoms with Crippen LogP contribution in [-0.4, -0.2) is 25.9 Å². The van der Waals surface area contributed by atoms with Crippen molar-refractivity contribution < 1.29 is 4.52 Å². The van der Waals surface area contributed by atoms with Crippen LogP contribution in [0.3, 0.4) is 0 Å². The van der Waals surface area contributed by atoms with E-state index in [0.29, 0.717) is 11.7 Å². The standard InChI is InChI=1S/C14H12N4O2S/c1-18-8-9(5-6-11(18)19)12-16-13(20-17-12)10-4-3-7-15-14(10)21-2/h3-8H,1-2H3. The molecule has 6 nitrogen and oxygen atoms in total. The molecule has 3 rings (SSSR count). The quantitative estimate of drug-likeness (QED) is 0.690. The molecule has 0 aliphatic rings. The third kappa shape index (κ3) is 2.59. The Morgan fingerprint density at radius 1 is 1.29 bits per heavy atom. The van der Waals surface area contributed by atoms with Gasteiger partial charge in [0.1, 0.15) is 5.03 Å². The zero-order chi connectivity index (χ0) is 14.8. The molecule has 0 unspecified atom stereocenters. The molecule has 0 atom stereocenters. The van der Waals surface area contributed by atoms with E-state index in [1.807, 2.05) is 18.4 Å². The van der Waals surface area contributed by atoms with Crippen LogP contribution in [-0.2, 0) is 7.05 Å². The summed E-state index contributed by atoms with van der Waals surface area (Å²) in [5.41, 5.74) is 1.44. The predicted molar refractivity (Wildman–Crippen MR) is 80.0 cm³/mol. The molecule has 0 spiro atoms. The van der Waals surface area contributed by atoms with E-state index in [1.54, 1.807) is 25.5 Å². The molecule has 3 aromatic heterocycles. The van der Waals surface area contributed by atoms with E-state index in [1.165, 1.54) is 22.4 Å². The summed E-state index contributed by atoms with van der Waals surface area (Å²) in [6, 6.07) is 6.86. The summed E-state index contributed by atoms with van der Waals surface area (Å²) in [4.78, 5) is 20.1. The number of nitrogens with zero attached hydrogens (tertiary/aromatic N) is 4. The van der Waals surface area contributed by atoms with E-state index in [9.17, 15) is 4.79 Å². The highest BCUT2D eigenvalue weighted by Gasteiger charge is 2.14. The largest absolute Gasteiger partial charge is 0.334 e. The van der Waals surface area contributed by atoms with E-state index < -0.39 is 0 Å². The fourth-order valence-corrected chi connectivity index (χ4v) is 2.43. The maximum atomic E-state index is 11.4. The lowest BCUT2D eigenvalue weighted by atomic mass is 10.2. The van der Waals surface area contributed by atoms with Gasteiger partial charge in [0.15, 0.2) is 0 Å². The second-order valence-electron chi connectivity index (χ2n) is 4.35. The molecule has 21 heavy (non-hydrogen) atoms. The van der Waals surface area contributed by atoms with Gasteiger partial charge in [-0.3, -0.25) is 4.79 Å². The van der Waals surface area contributed by atoms with E-state index in [2.05, 4.69) is 15.1 Å². The molecule has 0 amide bonds. The van der Waals surface area contributed by atoms with Crippen LogP contribution < -0.4 is 5.56 Å². The number of hydrogen-bond acceptors (Lipinski definition) is 6. The van der Waals surface area contributed by atoms with Crippen molar-refractivity contribution >= 4 is 11.8 Å². The van der Waals surface area contributed by atoms with Crippen molar-refractivity contribution in [3.05, 3.63) is 47.0 Å². The Morgan fingerprint density at radius 3 is 2.90 bits per heavy atom. The van der Waals surface area contributed by atoms with Gasteiger partial charge in [-0.05, 0) is 24.5 Å². The van der Waals surface area contributed by atoms with E-state index in [4.69, 9.17) is 4.52 Å². The summed E-state index contributed by atoms with van der Waals surface area (Å²) in [6.07, 6.45) is 5.34. The first-order valence-electron chi connectivity index (χ1n) is 6.19. The van der Waals surface area contributed by atoms with Gasteiger partial charge in [-0.25, -0.2) is 4.98 Å². The van der Waals surface area contributed by atoms with Crippen molar-refractivity contribution in [1.82, 2.24) is 19.7 Å². The Balaban J connectivity index is 2.03. The lowest BCUT2D eigenvalue weighted by Gasteiger charge is -2.00. The third-order valence-electron chi connectivity index (χ3n) is 2.96. The first kappa shape index (κ1) is 13.6. The summed E-state index contributed by atoms with van der Waals surface area (Å²) < 4.78 is 6.79. The second kappa shape index (κ2) is 5.53. The number of rotatable bonds is 3. The Labute approximate surface area is 124 Å². The van der Waals surface area contributed by atoms with Crippen molar-refractivity contribution in [3.63, 3.8) is 0 Å². The minimum absolute atomic E-state index is 0.0839. The van der Waals surface area contributed by atoms with Crippen molar-refractivity contribution in [2.24, 2.45) is 7.05 Å². The molecule has 7 heteroatoms. The molecule has 0 saturated carbocycles. The maximum absolute atomic E-state index is 11.4. The maximum Gasteiger partial charge on any atom is 0.260 e. The number of thioether (sulfide) groups is 1. The molecular formula is C14H12N4O2S. The number of aryl methyl sites for hydroxylation is 1. The van der Waals surface area contributed by atoms with Crippen molar-refractivity contribution in [3.8, 4) is 22.8 Å². The average molecular weight is 300 g/mol. The highest BCUT2D eigenvalue weighted by molar-refractivity contribution is 7.98. The van der Waals surface area contributed by atoms with Gasteiger partial charge in [-0.2, -0.15) is 4.98 Å². The topological polar surface area (TPSA) is 73.8 Å². The van der Waals surface area contributed by atoms with Crippen molar-refractivity contribution in [2.45, 2.75) is 5.03 Å². The van der Waals surface area contributed by atoms with Gasteiger partial charge in [0.2, 0.25) is 11.4 Å². The monoisotopic (exact) mass is 300 g/mol.